The van der Waals surface area contributed by atoms with E-state index in [-0.39, 0.29) is 11.9 Å². The summed E-state index contributed by atoms with van der Waals surface area (Å²) in [4.78, 5) is 23.1. The molecule has 0 aromatic carbocycles. The van der Waals surface area contributed by atoms with E-state index in [9.17, 15) is 9.59 Å². The van der Waals surface area contributed by atoms with Crippen LogP contribution in [0, 0.1) is 11.8 Å². The first-order chi connectivity index (χ1) is 9.31. The molecule has 1 aliphatic rings. The molecule has 0 aromatic rings. The third-order valence-corrected chi connectivity index (χ3v) is 4.38. The first-order valence-electron chi connectivity index (χ1n) is 6.93. The van der Waals surface area contributed by atoms with Gasteiger partial charge in [-0.2, -0.15) is 11.8 Å². The highest BCUT2D eigenvalue weighted by molar-refractivity contribution is 7.99. The number of amides is 1. The van der Waals surface area contributed by atoms with Crippen molar-refractivity contribution >= 4 is 23.8 Å². The van der Waals surface area contributed by atoms with Crippen LogP contribution in [-0.2, 0) is 14.3 Å². The lowest BCUT2D eigenvalue weighted by molar-refractivity contribution is -0.142. The van der Waals surface area contributed by atoms with E-state index in [0.717, 1.165) is 17.9 Å². The lowest BCUT2D eigenvalue weighted by atomic mass is 9.88. The zero-order valence-electron chi connectivity index (χ0n) is 12.7. The van der Waals surface area contributed by atoms with E-state index < -0.39 is 11.7 Å². The van der Waals surface area contributed by atoms with E-state index in [1.165, 1.54) is 7.11 Å². The predicted octanol–water partition coefficient (Wildman–Crippen LogP) is 2.44. The van der Waals surface area contributed by atoms with Gasteiger partial charge in [0.25, 0.3) is 0 Å². The molecule has 116 valence electrons. The van der Waals surface area contributed by atoms with Gasteiger partial charge in [0.05, 0.1) is 7.11 Å². The number of alkyl carbamates (subject to hydrolysis) is 1. The van der Waals surface area contributed by atoms with Crippen molar-refractivity contribution in [1.29, 1.82) is 0 Å². The molecular formula is C14H25NO4S. The topological polar surface area (TPSA) is 64.6 Å². The number of ether oxygens (including phenoxy) is 2. The third-order valence-electron chi connectivity index (χ3n) is 3.20. The van der Waals surface area contributed by atoms with Gasteiger partial charge in [-0.25, -0.2) is 4.79 Å². The lowest BCUT2D eigenvalue weighted by Gasteiger charge is -2.31. The summed E-state index contributed by atoms with van der Waals surface area (Å²) in [7, 11) is 1.41. The number of carbonyl (C=O) groups is 2. The Morgan fingerprint density at radius 2 is 2.00 bits per heavy atom. The van der Waals surface area contributed by atoms with Gasteiger partial charge in [0.2, 0.25) is 0 Å². The summed E-state index contributed by atoms with van der Waals surface area (Å²) in [6.45, 7) is 6.05. The summed E-state index contributed by atoms with van der Waals surface area (Å²) in [6, 6.07) is 0. The molecule has 20 heavy (non-hydrogen) atoms. The van der Waals surface area contributed by atoms with Crippen LogP contribution in [0.5, 0.6) is 0 Å². The summed E-state index contributed by atoms with van der Waals surface area (Å²) >= 11 is 1.86. The molecule has 1 aliphatic heterocycles. The second-order valence-electron chi connectivity index (χ2n) is 6.05. The molecule has 5 nitrogen and oxygen atoms in total. The summed E-state index contributed by atoms with van der Waals surface area (Å²) in [5.41, 5.74) is -0.489. The third kappa shape index (κ3) is 6.50. The van der Waals surface area contributed by atoms with Gasteiger partial charge in [0, 0.05) is 13.0 Å². The summed E-state index contributed by atoms with van der Waals surface area (Å²) in [6.07, 6.45) is 1.02. The minimum atomic E-state index is -0.489. The fourth-order valence-corrected chi connectivity index (χ4v) is 3.49. The van der Waals surface area contributed by atoms with Crippen molar-refractivity contribution in [2.75, 3.05) is 25.2 Å². The van der Waals surface area contributed by atoms with Gasteiger partial charge in [-0.3, -0.25) is 4.79 Å². The zero-order chi connectivity index (χ0) is 15.2. The number of hydrogen-bond acceptors (Lipinski definition) is 5. The summed E-state index contributed by atoms with van der Waals surface area (Å²) < 4.78 is 9.95. The van der Waals surface area contributed by atoms with Gasteiger partial charge in [0.15, 0.2) is 0 Å². The van der Waals surface area contributed by atoms with Crippen LogP contribution < -0.4 is 5.32 Å². The quantitative estimate of drug-likeness (QED) is 0.808. The smallest absolute Gasteiger partial charge is 0.407 e. The average molecular weight is 303 g/mol. The van der Waals surface area contributed by atoms with E-state index in [0.29, 0.717) is 18.9 Å². The van der Waals surface area contributed by atoms with Crippen molar-refractivity contribution in [1.82, 2.24) is 5.32 Å². The second-order valence-corrected chi connectivity index (χ2v) is 7.20. The molecule has 0 saturated carbocycles. The SMILES string of the molecule is COC(=O)C[C@H]1CCSC[C@H]1CNC(=O)OC(C)(C)C. The Kier molecular flexibility index (Phi) is 6.65. The number of rotatable bonds is 4. The normalized spacial score (nSPS) is 23.0. The number of esters is 1. The Bertz CT molecular complexity index is 341. The van der Waals surface area contributed by atoms with Crippen LogP contribution in [0.2, 0.25) is 0 Å². The molecule has 0 unspecified atom stereocenters. The number of thioether (sulfide) groups is 1. The van der Waals surface area contributed by atoms with Crippen LogP contribution >= 0.6 is 11.8 Å². The maximum atomic E-state index is 11.7. The van der Waals surface area contributed by atoms with Gasteiger partial charge in [-0.15, -0.1) is 0 Å². The molecule has 0 aromatic heterocycles. The van der Waals surface area contributed by atoms with Crippen molar-refractivity contribution < 1.29 is 19.1 Å². The Balaban J connectivity index is 2.42. The van der Waals surface area contributed by atoms with Gasteiger partial charge in [-0.1, -0.05) is 0 Å². The highest BCUT2D eigenvalue weighted by Crippen LogP contribution is 2.31. The zero-order valence-corrected chi connectivity index (χ0v) is 13.5. The van der Waals surface area contributed by atoms with Crippen LogP contribution in [0.4, 0.5) is 4.79 Å². The molecule has 1 saturated heterocycles. The predicted molar refractivity (Wildman–Crippen MR) is 79.8 cm³/mol. The largest absolute Gasteiger partial charge is 0.469 e. The lowest BCUT2D eigenvalue weighted by Crippen LogP contribution is -2.39. The molecule has 0 aliphatic carbocycles. The van der Waals surface area contributed by atoms with E-state index in [1.54, 1.807) is 0 Å². The Morgan fingerprint density at radius 1 is 1.30 bits per heavy atom. The van der Waals surface area contributed by atoms with Gasteiger partial charge in [0.1, 0.15) is 5.60 Å². The van der Waals surface area contributed by atoms with Crippen LogP contribution in [0.3, 0.4) is 0 Å². The first kappa shape index (κ1) is 17.1. The van der Waals surface area contributed by atoms with Crippen molar-refractivity contribution in [2.45, 2.75) is 39.2 Å². The summed E-state index contributed by atoms with van der Waals surface area (Å²) in [5.74, 6) is 2.41. The van der Waals surface area contributed by atoms with Crippen molar-refractivity contribution in [3.05, 3.63) is 0 Å². The molecular weight excluding hydrogens is 278 g/mol. The molecule has 2 atom stereocenters. The van der Waals surface area contributed by atoms with Crippen LogP contribution in [-0.4, -0.2) is 42.8 Å². The maximum absolute atomic E-state index is 11.7. The van der Waals surface area contributed by atoms with Gasteiger partial charge < -0.3 is 14.8 Å². The second kappa shape index (κ2) is 7.76. The number of carbonyl (C=O) groups excluding carboxylic acids is 2. The number of methoxy groups -OCH3 is 1. The summed E-state index contributed by atoms with van der Waals surface area (Å²) in [5, 5.41) is 2.80. The molecule has 6 heteroatoms. The standard InChI is InChI=1S/C14H25NO4S/c1-14(2,3)19-13(17)15-8-11-9-20-6-5-10(11)7-12(16)18-4/h10-11H,5-9H2,1-4H3,(H,15,17)/t10-,11-/m1/s1. The van der Waals surface area contributed by atoms with E-state index in [1.807, 2.05) is 32.5 Å². The van der Waals surface area contributed by atoms with Crippen LogP contribution in [0.1, 0.15) is 33.6 Å². The van der Waals surface area contributed by atoms with E-state index >= 15 is 0 Å². The minimum absolute atomic E-state index is 0.177. The molecule has 1 heterocycles. The Morgan fingerprint density at radius 3 is 2.60 bits per heavy atom. The Labute approximate surface area is 125 Å². The molecule has 1 amide bonds. The monoisotopic (exact) mass is 303 g/mol. The molecule has 0 radical (unpaired) electrons. The highest BCUT2D eigenvalue weighted by Gasteiger charge is 2.28. The molecule has 1 N–H and O–H groups in total. The maximum Gasteiger partial charge on any atom is 0.407 e. The molecule has 1 rings (SSSR count). The molecule has 1 fully saturated rings. The fraction of sp³-hybridized carbons (Fsp3) is 0.857. The highest BCUT2D eigenvalue weighted by atomic mass is 32.2. The van der Waals surface area contributed by atoms with Gasteiger partial charge >= 0.3 is 12.1 Å². The molecule has 0 bridgehead atoms. The van der Waals surface area contributed by atoms with Crippen molar-refractivity contribution in [3.63, 3.8) is 0 Å². The average Bonchev–Trinajstić information content (AvgIpc) is 2.35. The number of nitrogens with one attached hydrogen (secondary N) is 1. The fourth-order valence-electron chi connectivity index (χ4n) is 2.16. The van der Waals surface area contributed by atoms with Gasteiger partial charge in [-0.05, 0) is 50.5 Å². The first-order valence-corrected chi connectivity index (χ1v) is 8.08. The van der Waals surface area contributed by atoms with Crippen LogP contribution in [0.25, 0.3) is 0 Å². The van der Waals surface area contributed by atoms with Crippen LogP contribution in [0.15, 0.2) is 0 Å². The van der Waals surface area contributed by atoms with Crippen molar-refractivity contribution in [3.8, 4) is 0 Å². The minimum Gasteiger partial charge on any atom is -0.469 e. The number of hydrogen-bond donors (Lipinski definition) is 1. The molecule has 0 spiro atoms. The van der Waals surface area contributed by atoms with E-state index in [2.05, 4.69) is 5.32 Å². The Hall–Kier alpha value is -0.910. The van der Waals surface area contributed by atoms with Crippen molar-refractivity contribution in [2.24, 2.45) is 11.8 Å². The van der Waals surface area contributed by atoms with E-state index in [4.69, 9.17) is 9.47 Å².